The van der Waals surface area contributed by atoms with E-state index in [0.717, 1.165) is 25.2 Å². The molecule has 146 valence electrons. The normalized spacial score (nSPS) is 38.8. The minimum Gasteiger partial charge on any atom is -0.459 e. The fourth-order valence-corrected chi connectivity index (χ4v) is 5.47. The van der Waals surface area contributed by atoms with Gasteiger partial charge < -0.3 is 19.9 Å². The summed E-state index contributed by atoms with van der Waals surface area (Å²) in [5.41, 5.74) is 0. The molecule has 5 nitrogen and oxygen atoms in total. The Balaban J connectivity index is 1.46. The van der Waals surface area contributed by atoms with Gasteiger partial charge in [0.1, 0.15) is 0 Å². The van der Waals surface area contributed by atoms with Crippen molar-refractivity contribution in [2.24, 2.45) is 29.6 Å². The van der Waals surface area contributed by atoms with Gasteiger partial charge in [0.2, 0.25) is 6.29 Å². The maximum Gasteiger partial charge on any atom is 0.286 e. The van der Waals surface area contributed by atoms with Gasteiger partial charge in [-0.15, -0.1) is 0 Å². The quantitative estimate of drug-likeness (QED) is 0.696. The molecule has 2 bridgehead atoms. The number of rotatable bonds is 8. The van der Waals surface area contributed by atoms with Crippen LogP contribution in [0.4, 0.5) is 0 Å². The molecule has 1 heterocycles. The van der Waals surface area contributed by atoms with Gasteiger partial charge in [-0.2, -0.15) is 0 Å². The fraction of sp³-hybridized carbons (Fsp3) is 0.857. The van der Waals surface area contributed by atoms with E-state index < -0.39 is 0 Å². The second kappa shape index (κ2) is 7.89. The molecule has 0 aromatic rings. The second-order valence-corrected chi connectivity index (χ2v) is 8.67. The first kappa shape index (κ1) is 18.3. The lowest BCUT2D eigenvalue weighted by atomic mass is 9.82. The molecule has 3 saturated carbocycles. The molecule has 3 fully saturated rings. The van der Waals surface area contributed by atoms with Crippen molar-refractivity contribution in [3.63, 3.8) is 0 Å². The lowest BCUT2D eigenvalue weighted by Gasteiger charge is -2.37. The van der Waals surface area contributed by atoms with Crippen LogP contribution in [0, 0.1) is 29.6 Å². The second-order valence-electron chi connectivity index (χ2n) is 8.67. The summed E-state index contributed by atoms with van der Waals surface area (Å²) in [4.78, 5) is 12.9. The average molecular weight is 363 g/mol. The number of fused-ring (bicyclic) bond motifs is 2. The molecule has 0 saturated heterocycles. The molecular weight excluding hydrogens is 330 g/mol. The SMILES string of the molecule is CCO[C@H]1OC(C(=O)NC2CC3CCC2C3)=C[C@@H](C2CC2)[C@H]1CCCO. The lowest BCUT2D eigenvalue weighted by molar-refractivity contribution is -0.174. The Bertz CT molecular complexity index is 544. The van der Waals surface area contributed by atoms with Gasteiger partial charge in [-0.3, -0.25) is 4.79 Å². The van der Waals surface area contributed by atoms with Gasteiger partial charge in [-0.05, 0) is 81.6 Å². The van der Waals surface area contributed by atoms with Crippen LogP contribution in [0.25, 0.3) is 0 Å². The van der Waals surface area contributed by atoms with Crippen molar-refractivity contribution in [1.29, 1.82) is 0 Å². The predicted octanol–water partition coefficient (Wildman–Crippen LogP) is 2.98. The van der Waals surface area contributed by atoms with Gasteiger partial charge in [-0.1, -0.05) is 6.42 Å². The van der Waals surface area contributed by atoms with Crippen LogP contribution < -0.4 is 5.32 Å². The zero-order valence-corrected chi connectivity index (χ0v) is 15.9. The summed E-state index contributed by atoms with van der Waals surface area (Å²) in [6.45, 7) is 2.72. The Labute approximate surface area is 156 Å². The minimum absolute atomic E-state index is 0.0569. The van der Waals surface area contributed by atoms with E-state index >= 15 is 0 Å². The highest BCUT2D eigenvalue weighted by molar-refractivity contribution is 5.91. The van der Waals surface area contributed by atoms with Gasteiger partial charge in [0.05, 0.1) is 0 Å². The summed E-state index contributed by atoms with van der Waals surface area (Å²) in [7, 11) is 0. The van der Waals surface area contributed by atoms with Crippen LogP contribution in [0.2, 0.25) is 0 Å². The first-order chi connectivity index (χ1) is 12.7. The van der Waals surface area contributed by atoms with Crippen LogP contribution in [0.5, 0.6) is 0 Å². The van der Waals surface area contributed by atoms with Gasteiger partial charge >= 0.3 is 0 Å². The number of aliphatic hydroxyl groups is 1. The van der Waals surface area contributed by atoms with Crippen molar-refractivity contribution in [2.75, 3.05) is 13.2 Å². The van der Waals surface area contributed by atoms with E-state index in [2.05, 4.69) is 11.4 Å². The molecule has 4 aliphatic rings. The summed E-state index contributed by atoms with van der Waals surface area (Å²) in [5.74, 6) is 3.07. The van der Waals surface area contributed by atoms with Gasteiger partial charge in [-0.25, -0.2) is 0 Å². The molecule has 0 aromatic heterocycles. The van der Waals surface area contributed by atoms with E-state index in [1.165, 1.54) is 32.1 Å². The Morgan fingerprint density at radius 1 is 1.27 bits per heavy atom. The zero-order valence-electron chi connectivity index (χ0n) is 15.9. The number of carbonyl (C=O) groups excluding carboxylic acids is 1. The smallest absolute Gasteiger partial charge is 0.286 e. The predicted molar refractivity (Wildman–Crippen MR) is 98.0 cm³/mol. The largest absolute Gasteiger partial charge is 0.459 e. The molecule has 3 unspecified atom stereocenters. The average Bonchev–Trinajstić information content (AvgIpc) is 3.28. The zero-order chi connectivity index (χ0) is 18.1. The van der Waals surface area contributed by atoms with Crippen LogP contribution in [-0.2, 0) is 14.3 Å². The van der Waals surface area contributed by atoms with Crippen LogP contribution in [0.15, 0.2) is 11.8 Å². The number of aliphatic hydroxyl groups excluding tert-OH is 1. The lowest BCUT2D eigenvalue weighted by Crippen LogP contribution is -2.44. The standard InChI is InChI=1S/C21H33NO4/c1-2-25-21-16(4-3-9-23)17(14-7-8-14)12-19(26-21)20(24)22-18-11-13-5-6-15(18)10-13/h12-18,21,23H,2-11H2,1H3,(H,22,24)/t13?,15?,16-,17+,18?,21+/m1/s1. The van der Waals surface area contributed by atoms with Crippen LogP contribution in [0.3, 0.4) is 0 Å². The number of allylic oxidation sites excluding steroid dienone is 1. The summed E-state index contributed by atoms with van der Waals surface area (Å²) >= 11 is 0. The monoisotopic (exact) mass is 363 g/mol. The molecule has 3 aliphatic carbocycles. The van der Waals surface area contributed by atoms with Crippen molar-refractivity contribution >= 4 is 5.91 Å². The number of carbonyl (C=O) groups is 1. The van der Waals surface area contributed by atoms with E-state index in [9.17, 15) is 9.90 Å². The van der Waals surface area contributed by atoms with Crippen molar-refractivity contribution < 1.29 is 19.4 Å². The third kappa shape index (κ3) is 3.79. The van der Waals surface area contributed by atoms with Gasteiger partial charge in [0.15, 0.2) is 5.76 Å². The number of hydrogen-bond acceptors (Lipinski definition) is 4. The molecule has 1 amide bonds. The van der Waals surface area contributed by atoms with E-state index in [0.29, 0.717) is 36.2 Å². The number of amides is 1. The molecule has 0 radical (unpaired) electrons. The summed E-state index contributed by atoms with van der Waals surface area (Å²) in [6, 6.07) is 0.322. The van der Waals surface area contributed by atoms with Gasteiger partial charge in [0, 0.05) is 25.2 Å². The molecule has 26 heavy (non-hydrogen) atoms. The summed E-state index contributed by atoms with van der Waals surface area (Å²) < 4.78 is 11.9. The van der Waals surface area contributed by atoms with Crippen molar-refractivity contribution in [3.8, 4) is 0 Å². The van der Waals surface area contributed by atoms with Crippen molar-refractivity contribution in [1.82, 2.24) is 5.32 Å². The maximum atomic E-state index is 12.9. The Morgan fingerprint density at radius 2 is 2.08 bits per heavy atom. The van der Waals surface area contributed by atoms with E-state index in [-0.39, 0.29) is 24.7 Å². The van der Waals surface area contributed by atoms with Crippen LogP contribution in [-0.4, -0.2) is 36.6 Å². The fourth-order valence-electron chi connectivity index (χ4n) is 5.47. The third-order valence-corrected chi connectivity index (χ3v) is 6.90. The summed E-state index contributed by atoms with van der Waals surface area (Å²) in [6.07, 6.45) is 10.8. The van der Waals surface area contributed by atoms with Gasteiger partial charge in [0.25, 0.3) is 5.91 Å². The molecule has 0 spiro atoms. The van der Waals surface area contributed by atoms with Crippen LogP contribution >= 0.6 is 0 Å². The highest BCUT2D eigenvalue weighted by Gasteiger charge is 2.45. The molecule has 5 heteroatoms. The molecule has 0 aromatic carbocycles. The number of ether oxygens (including phenoxy) is 2. The maximum absolute atomic E-state index is 12.9. The number of nitrogens with one attached hydrogen (secondary N) is 1. The minimum atomic E-state index is -0.372. The molecular formula is C21H33NO4. The third-order valence-electron chi connectivity index (χ3n) is 6.90. The van der Waals surface area contributed by atoms with Crippen LogP contribution in [0.1, 0.15) is 58.3 Å². The summed E-state index contributed by atoms with van der Waals surface area (Å²) in [5, 5.41) is 12.5. The van der Waals surface area contributed by atoms with Crippen molar-refractivity contribution in [2.45, 2.75) is 70.6 Å². The van der Waals surface area contributed by atoms with E-state index in [1.54, 1.807) is 0 Å². The molecule has 1 aliphatic heterocycles. The molecule has 4 rings (SSSR count). The molecule has 6 atom stereocenters. The topological polar surface area (TPSA) is 67.8 Å². The van der Waals surface area contributed by atoms with E-state index in [1.807, 2.05) is 6.92 Å². The van der Waals surface area contributed by atoms with E-state index in [4.69, 9.17) is 9.47 Å². The first-order valence-corrected chi connectivity index (χ1v) is 10.6. The Hall–Kier alpha value is -1.07. The first-order valence-electron chi connectivity index (χ1n) is 10.6. The highest BCUT2D eigenvalue weighted by atomic mass is 16.7. The Kier molecular flexibility index (Phi) is 5.55. The number of hydrogen-bond donors (Lipinski definition) is 2. The highest BCUT2D eigenvalue weighted by Crippen LogP contribution is 2.47. The van der Waals surface area contributed by atoms with Crippen molar-refractivity contribution in [3.05, 3.63) is 11.8 Å². The molecule has 2 N–H and O–H groups in total. The Morgan fingerprint density at radius 3 is 2.69 bits per heavy atom.